The van der Waals surface area contributed by atoms with Crippen molar-refractivity contribution in [3.05, 3.63) is 36.1 Å². The lowest BCUT2D eigenvalue weighted by molar-refractivity contribution is 0.604. The van der Waals surface area contributed by atoms with Crippen molar-refractivity contribution in [2.75, 3.05) is 10.5 Å². The Kier molecular flexibility index (Phi) is 3.49. The van der Waals surface area contributed by atoms with Gasteiger partial charge in [0.2, 0.25) is 10.0 Å². The predicted molar refractivity (Wildman–Crippen MR) is 56.9 cm³/mol. The molecule has 0 fully saturated rings. The molecular weight excluding hydrogens is 224 g/mol. The molecule has 0 aromatic carbocycles. The quantitative estimate of drug-likeness (QED) is 0.635. The molecule has 0 unspecified atom stereocenters. The number of hydrogen-bond acceptors (Lipinski definition) is 3. The van der Waals surface area contributed by atoms with Crippen molar-refractivity contribution >= 4 is 27.3 Å². The van der Waals surface area contributed by atoms with Crippen LogP contribution in [0.2, 0.25) is 5.15 Å². The summed E-state index contributed by atoms with van der Waals surface area (Å²) in [4.78, 5) is 3.74. The van der Waals surface area contributed by atoms with E-state index in [1.165, 1.54) is 24.4 Å². The SMILES string of the molecule is C=CCS(=O)(=O)Nc1ccc(Cl)nc1. The zero-order chi connectivity index (χ0) is 10.6. The van der Waals surface area contributed by atoms with Gasteiger partial charge in [-0.15, -0.1) is 6.58 Å². The number of nitrogens with zero attached hydrogens (tertiary/aromatic N) is 1. The molecule has 4 nitrogen and oxygen atoms in total. The Labute approximate surface area is 87.7 Å². The molecule has 1 heterocycles. The highest BCUT2D eigenvalue weighted by Gasteiger charge is 2.07. The van der Waals surface area contributed by atoms with Crippen LogP contribution >= 0.6 is 11.6 Å². The summed E-state index contributed by atoms with van der Waals surface area (Å²) in [6.45, 7) is 3.35. The molecule has 1 N–H and O–H groups in total. The molecule has 0 radical (unpaired) electrons. The molecule has 0 aliphatic heterocycles. The number of anilines is 1. The predicted octanol–water partition coefficient (Wildman–Crippen LogP) is 1.66. The van der Waals surface area contributed by atoms with Gasteiger partial charge >= 0.3 is 0 Å². The van der Waals surface area contributed by atoms with Crippen LogP contribution in [0.4, 0.5) is 5.69 Å². The second-order valence-electron chi connectivity index (χ2n) is 2.54. The second-order valence-corrected chi connectivity index (χ2v) is 4.70. The van der Waals surface area contributed by atoms with Gasteiger partial charge in [-0.1, -0.05) is 17.7 Å². The van der Waals surface area contributed by atoms with E-state index in [0.717, 1.165) is 0 Å². The maximum Gasteiger partial charge on any atom is 0.236 e. The first-order chi connectivity index (χ1) is 6.53. The lowest BCUT2D eigenvalue weighted by atomic mass is 10.4. The average molecular weight is 233 g/mol. The van der Waals surface area contributed by atoms with Crippen LogP contribution in [0, 0.1) is 0 Å². The summed E-state index contributed by atoms with van der Waals surface area (Å²) in [7, 11) is -3.35. The van der Waals surface area contributed by atoms with Crippen molar-refractivity contribution in [2.24, 2.45) is 0 Å². The van der Waals surface area contributed by atoms with E-state index in [1.54, 1.807) is 0 Å². The first-order valence-corrected chi connectivity index (χ1v) is 5.79. The van der Waals surface area contributed by atoms with Gasteiger partial charge in [0.05, 0.1) is 17.6 Å². The summed E-state index contributed by atoms with van der Waals surface area (Å²) in [5, 5.41) is 0.316. The molecule has 0 spiro atoms. The third-order valence-electron chi connectivity index (χ3n) is 1.34. The first-order valence-electron chi connectivity index (χ1n) is 3.76. The highest BCUT2D eigenvalue weighted by atomic mass is 35.5. The summed E-state index contributed by atoms with van der Waals surface area (Å²) in [6, 6.07) is 3.04. The smallest absolute Gasteiger partial charge is 0.236 e. The molecule has 76 valence electrons. The Morgan fingerprint density at radius 1 is 1.57 bits per heavy atom. The molecule has 1 rings (SSSR count). The number of nitrogens with one attached hydrogen (secondary N) is 1. The van der Waals surface area contributed by atoms with E-state index in [1.807, 2.05) is 0 Å². The molecule has 0 aliphatic carbocycles. The normalized spacial score (nSPS) is 10.9. The maximum atomic E-state index is 11.2. The molecule has 0 atom stereocenters. The van der Waals surface area contributed by atoms with Gasteiger partial charge in [0, 0.05) is 0 Å². The Bertz CT molecular complexity index is 413. The van der Waals surface area contributed by atoms with E-state index in [2.05, 4.69) is 16.3 Å². The van der Waals surface area contributed by atoms with Crippen molar-refractivity contribution < 1.29 is 8.42 Å². The van der Waals surface area contributed by atoms with Gasteiger partial charge in [-0.25, -0.2) is 13.4 Å². The van der Waals surface area contributed by atoms with Gasteiger partial charge in [0.15, 0.2) is 0 Å². The molecule has 0 saturated heterocycles. The maximum absolute atomic E-state index is 11.2. The zero-order valence-corrected chi connectivity index (χ0v) is 8.85. The van der Waals surface area contributed by atoms with E-state index in [-0.39, 0.29) is 5.75 Å². The Balaban J connectivity index is 2.79. The van der Waals surface area contributed by atoms with Crippen LogP contribution in [-0.2, 0) is 10.0 Å². The van der Waals surface area contributed by atoms with E-state index in [9.17, 15) is 8.42 Å². The van der Waals surface area contributed by atoms with Crippen LogP contribution in [0.1, 0.15) is 0 Å². The summed E-state index contributed by atoms with van der Waals surface area (Å²) in [5.41, 5.74) is 0.385. The highest BCUT2D eigenvalue weighted by molar-refractivity contribution is 7.92. The number of hydrogen-bond donors (Lipinski definition) is 1. The summed E-state index contributed by atoms with van der Waals surface area (Å²) < 4.78 is 24.8. The van der Waals surface area contributed by atoms with E-state index >= 15 is 0 Å². The van der Waals surface area contributed by atoms with Crippen molar-refractivity contribution in [3.8, 4) is 0 Å². The molecule has 0 amide bonds. The molecule has 1 aromatic heterocycles. The minimum absolute atomic E-state index is 0.129. The van der Waals surface area contributed by atoms with Gasteiger partial charge in [-0.05, 0) is 12.1 Å². The third kappa shape index (κ3) is 3.35. The molecule has 6 heteroatoms. The number of rotatable bonds is 4. The fourth-order valence-corrected chi connectivity index (χ4v) is 1.80. The topological polar surface area (TPSA) is 59.1 Å². The summed E-state index contributed by atoms with van der Waals surface area (Å²) >= 11 is 5.54. The van der Waals surface area contributed by atoms with Crippen LogP contribution in [0.5, 0.6) is 0 Å². The van der Waals surface area contributed by atoms with Crippen LogP contribution in [0.15, 0.2) is 31.0 Å². The molecule has 0 bridgehead atoms. The van der Waals surface area contributed by atoms with Gasteiger partial charge in [0.1, 0.15) is 5.15 Å². The lowest BCUT2D eigenvalue weighted by Crippen LogP contribution is -2.15. The Morgan fingerprint density at radius 2 is 2.29 bits per heavy atom. The Morgan fingerprint density at radius 3 is 2.79 bits per heavy atom. The molecule has 1 aromatic rings. The summed E-state index contributed by atoms with van der Waals surface area (Å²) in [6.07, 6.45) is 2.66. The third-order valence-corrected chi connectivity index (χ3v) is 2.78. The lowest BCUT2D eigenvalue weighted by Gasteiger charge is -2.04. The number of aromatic nitrogens is 1. The number of halogens is 1. The number of sulfonamides is 1. The molecule has 0 saturated carbocycles. The first kappa shape index (κ1) is 11.0. The number of pyridine rings is 1. The molecule has 14 heavy (non-hydrogen) atoms. The van der Waals surface area contributed by atoms with Crippen LogP contribution < -0.4 is 4.72 Å². The largest absolute Gasteiger partial charge is 0.282 e. The van der Waals surface area contributed by atoms with Crippen molar-refractivity contribution in [1.82, 2.24) is 4.98 Å². The monoisotopic (exact) mass is 232 g/mol. The molecule has 0 aliphatic rings. The van der Waals surface area contributed by atoms with Crippen LogP contribution in [-0.4, -0.2) is 19.2 Å². The summed E-state index contributed by atoms with van der Waals surface area (Å²) in [5.74, 6) is -0.129. The van der Waals surface area contributed by atoms with E-state index in [4.69, 9.17) is 11.6 Å². The van der Waals surface area contributed by atoms with Crippen LogP contribution in [0.3, 0.4) is 0 Å². The highest BCUT2D eigenvalue weighted by Crippen LogP contribution is 2.11. The van der Waals surface area contributed by atoms with E-state index in [0.29, 0.717) is 10.8 Å². The minimum atomic E-state index is -3.35. The van der Waals surface area contributed by atoms with Crippen molar-refractivity contribution in [1.29, 1.82) is 0 Å². The fraction of sp³-hybridized carbons (Fsp3) is 0.125. The standard InChI is InChI=1S/C8H9ClN2O2S/c1-2-5-14(12,13)11-7-3-4-8(9)10-6-7/h2-4,6,11H,1,5H2. The van der Waals surface area contributed by atoms with E-state index < -0.39 is 10.0 Å². The Hall–Kier alpha value is -1.07. The minimum Gasteiger partial charge on any atom is -0.282 e. The van der Waals surface area contributed by atoms with Gasteiger partial charge in [0.25, 0.3) is 0 Å². The van der Waals surface area contributed by atoms with Crippen LogP contribution in [0.25, 0.3) is 0 Å². The van der Waals surface area contributed by atoms with Crippen molar-refractivity contribution in [3.63, 3.8) is 0 Å². The van der Waals surface area contributed by atoms with Crippen molar-refractivity contribution in [2.45, 2.75) is 0 Å². The van der Waals surface area contributed by atoms with Gasteiger partial charge in [-0.2, -0.15) is 0 Å². The van der Waals surface area contributed by atoms with Gasteiger partial charge < -0.3 is 0 Å². The zero-order valence-electron chi connectivity index (χ0n) is 7.27. The van der Waals surface area contributed by atoms with Gasteiger partial charge in [-0.3, -0.25) is 4.72 Å². The second kappa shape index (κ2) is 4.43. The fourth-order valence-electron chi connectivity index (χ4n) is 0.813. The molecular formula is C8H9ClN2O2S. The average Bonchev–Trinajstić information content (AvgIpc) is 2.08.